The molecule has 0 aliphatic carbocycles. The fraction of sp³-hybridized carbons (Fsp3) is 0.333. The van der Waals surface area contributed by atoms with Crippen LogP contribution >= 0.6 is 28.6 Å². The Morgan fingerprint density at radius 1 is 1.50 bits per heavy atom. The number of carboxylic acids is 1. The molecular weight excluding hydrogens is 318 g/mol. The molecule has 1 aliphatic heterocycles. The summed E-state index contributed by atoms with van der Waals surface area (Å²) in [5.74, 6) is -0.103. The van der Waals surface area contributed by atoms with Gasteiger partial charge in [-0.3, -0.25) is 4.79 Å². The monoisotopic (exact) mass is 329 g/mol. The molecule has 1 unspecified atom stereocenters. The van der Waals surface area contributed by atoms with Gasteiger partial charge in [-0.05, 0) is 29.9 Å². The Kier molecular flexibility index (Phi) is 3.97. The van der Waals surface area contributed by atoms with E-state index >= 15 is 0 Å². The molecule has 1 heterocycles. The van der Waals surface area contributed by atoms with Crippen LogP contribution in [0.4, 0.5) is 5.69 Å². The van der Waals surface area contributed by atoms with Gasteiger partial charge in [-0.25, -0.2) is 4.79 Å². The normalized spacial score (nSPS) is 19.3. The molecule has 0 radical (unpaired) electrons. The van der Waals surface area contributed by atoms with Crippen LogP contribution in [0, 0.1) is 5.92 Å². The SMILES string of the molecule is O=C(O)c1cc(Br)cc(N2CC(CS)CC2=O)c1. The molecule has 96 valence electrons. The standard InChI is InChI=1S/C12H12BrNO3S/c13-9-2-8(12(16)17)3-10(4-9)14-5-7(6-18)1-11(14)15/h2-4,7,18H,1,5-6H2,(H,16,17). The van der Waals surface area contributed by atoms with Crippen molar-refractivity contribution in [2.45, 2.75) is 6.42 Å². The highest BCUT2D eigenvalue weighted by atomic mass is 79.9. The molecule has 1 N–H and O–H groups in total. The van der Waals surface area contributed by atoms with Gasteiger partial charge in [0.1, 0.15) is 0 Å². The number of thiol groups is 1. The second-order valence-corrected chi connectivity index (χ2v) is 5.54. The number of carbonyl (C=O) groups excluding carboxylic acids is 1. The fourth-order valence-corrected chi connectivity index (χ4v) is 2.73. The van der Waals surface area contributed by atoms with Crippen molar-refractivity contribution in [2.75, 3.05) is 17.2 Å². The average Bonchev–Trinajstić information content (AvgIpc) is 2.69. The number of carboxylic acid groups (broad SMARTS) is 1. The molecule has 2 rings (SSSR count). The van der Waals surface area contributed by atoms with Gasteiger partial charge < -0.3 is 10.0 Å². The van der Waals surface area contributed by atoms with Gasteiger partial charge in [-0.1, -0.05) is 15.9 Å². The minimum absolute atomic E-state index is 0.0171. The van der Waals surface area contributed by atoms with Crippen LogP contribution in [-0.2, 0) is 4.79 Å². The number of nitrogens with zero attached hydrogens (tertiary/aromatic N) is 1. The van der Waals surface area contributed by atoms with E-state index in [4.69, 9.17) is 5.11 Å². The van der Waals surface area contributed by atoms with Gasteiger partial charge in [0, 0.05) is 23.1 Å². The molecule has 1 aliphatic rings. The second kappa shape index (κ2) is 5.32. The highest BCUT2D eigenvalue weighted by Gasteiger charge is 2.30. The first-order chi connectivity index (χ1) is 8.51. The van der Waals surface area contributed by atoms with Crippen LogP contribution in [0.2, 0.25) is 0 Å². The Labute approximate surface area is 119 Å². The first-order valence-electron chi connectivity index (χ1n) is 5.46. The molecule has 1 fully saturated rings. The van der Waals surface area contributed by atoms with Crippen molar-refractivity contribution in [3.8, 4) is 0 Å². The maximum Gasteiger partial charge on any atom is 0.335 e. The number of hydrogen-bond donors (Lipinski definition) is 2. The molecule has 4 nitrogen and oxygen atoms in total. The number of amides is 1. The van der Waals surface area contributed by atoms with Crippen LogP contribution in [0.15, 0.2) is 22.7 Å². The molecule has 0 aromatic heterocycles. The van der Waals surface area contributed by atoms with Gasteiger partial charge >= 0.3 is 5.97 Å². The van der Waals surface area contributed by atoms with Crippen molar-refractivity contribution in [2.24, 2.45) is 5.92 Å². The lowest BCUT2D eigenvalue weighted by atomic mass is 10.1. The van der Waals surface area contributed by atoms with Crippen LogP contribution in [0.25, 0.3) is 0 Å². The number of rotatable bonds is 3. The lowest BCUT2D eigenvalue weighted by molar-refractivity contribution is -0.117. The largest absolute Gasteiger partial charge is 0.478 e. The summed E-state index contributed by atoms with van der Waals surface area (Å²) in [6, 6.07) is 4.79. The van der Waals surface area contributed by atoms with Gasteiger partial charge in [0.2, 0.25) is 5.91 Å². The average molecular weight is 330 g/mol. The number of anilines is 1. The minimum Gasteiger partial charge on any atom is -0.478 e. The number of halogens is 1. The minimum atomic E-state index is -1.00. The van der Waals surface area contributed by atoms with Gasteiger partial charge in [-0.15, -0.1) is 0 Å². The molecular formula is C12H12BrNO3S. The molecule has 0 bridgehead atoms. The molecule has 1 aromatic rings. The summed E-state index contributed by atoms with van der Waals surface area (Å²) in [4.78, 5) is 24.5. The van der Waals surface area contributed by atoms with Crippen LogP contribution in [0.5, 0.6) is 0 Å². The molecule has 1 aromatic carbocycles. The number of aromatic carboxylic acids is 1. The van der Waals surface area contributed by atoms with Crippen LogP contribution in [0.1, 0.15) is 16.8 Å². The number of benzene rings is 1. The summed E-state index contributed by atoms with van der Waals surface area (Å²) in [5, 5.41) is 9.00. The van der Waals surface area contributed by atoms with E-state index in [0.29, 0.717) is 28.9 Å². The van der Waals surface area contributed by atoms with E-state index in [1.807, 2.05) is 0 Å². The zero-order valence-corrected chi connectivity index (χ0v) is 11.9. The van der Waals surface area contributed by atoms with Crippen molar-refractivity contribution >= 4 is 46.1 Å². The zero-order chi connectivity index (χ0) is 13.3. The summed E-state index contributed by atoms with van der Waals surface area (Å²) in [6.45, 7) is 0.595. The first-order valence-corrected chi connectivity index (χ1v) is 6.89. The molecule has 1 saturated heterocycles. The molecule has 6 heteroatoms. The lowest BCUT2D eigenvalue weighted by Gasteiger charge is -2.17. The van der Waals surface area contributed by atoms with E-state index < -0.39 is 5.97 Å². The van der Waals surface area contributed by atoms with E-state index in [0.717, 1.165) is 0 Å². The van der Waals surface area contributed by atoms with Crippen molar-refractivity contribution < 1.29 is 14.7 Å². The third kappa shape index (κ3) is 2.70. The van der Waals surface area contributed by atoms with Crippen molar-refractivity contribution in [1.82, 2.24) is 0 Å². The van der Waals surface area contributed by atoms with Crippen LogP contribution in [-0.4, -0.2) is 29.3 Å². The summed E-state index contributed by atoms with van der Waals surface area (Å²) in [5.41, 5.74) is 0.789. The zero-order valence-electron chi connectivity index (χ0n) is 9.47. The van der Waals surface area contributed by atoms with Gasteiger partial charge in [0.05, 0.1) is 5.56 Å². The van der Waals surface area contributed by atoms with Gasteiger partial charge in [-0.2, -0.15) is 12.6 Å². The van der Waals surface area contributed by atoms with Crippen LogP contribution in [0.3, 0.4) is 0 Å². The Balaban J connectivity index is 2.34. The maximum atomic E-state index is 11.9. The van der Waals surface area contributed by atoms with Crippen molar-refractivity contribution in [1.29, 1.82) is 0 Å². The predicted octanol–water partition coefficient (Wildman–Crippen LogP) is 2.43. The maximum absolute atomic E-state index is 11.9. The molecule has 0 spiro atoms. The van der Waals surface area contributed by atoms with Crippen molar-refractivity contribution in [3.05, 3.63) is 28.2 Å². The quantitative estimate of drug-likeness (QED) is 0.837. The molecule has 1 atom stereocenters. The summed E-state index contributed by atoms with van der Waals surface area (Å²) in [7, 11) is 0. The highest BCUT2D eigenvalue weighted by Crippen LogP contribution is 2.29. The second-order valence-electron chi connectivity index (χ2n) is 4.26. The smallest absolute Gasteiger partial charge is 0.335 e. The predicted molar refractivity (Wildman–Crippen MR) is 75.4 cm³/mol. The number of carbonyl (C=O) groups is 2. The van der Waals surface area contributed by atoms with Gasteiger partial charge in [0.15, 0.2) is 0 Å². The van der Waals surface area contributed by atoms with Crippen molar-refractivity contribution in [3.63, 3.8) is 0 Å². The van der Waals surface area contributed by atoms with Gasteiger partial charge in [0.25, 0.3) is 0 Å². The summed E-state index contributed by atoms with van der Waals surface area (Å²) in [6.07, 6.45) is 0.471. The fourth-order valence-electron chi connectivity index (χ4n) is 2.01. The Hall–Kier alpha value is -1.01. The Bertz CT molecular complexity index is 506. The van der Waals surface area contributed by atoms with E-state index in [-0.39, 0.29) is 17.4 Å². The van der Waals surface area contributed by atoms with E-state index in [2.05, 4.69) is 28.6 Å². The first kappa shape index (κ1) is 13.4. The van der Waals surface area contributed by atoms with Crippen LogP contribution < -0.4 is 4.90 Å². The van der Waals surface area contributed by atoms with E-state index in [9.17, 15) is 9.59 Å². The summed E-state index contributed by atoms with van der Waals surface area (Å²) < 4.78 is 0.652. The Morgan fingerprint density at radius 3 is 2.78 bits per heavy atom. The number of hydrogen-bond acceptors (Lipinski definition) is 3. The molecule has 1 amide bonds. The third-order valence-corrected chi connectivity index (χ3v) is 3.88. The Morgan fingerprint density at radius 2 is 2.22 bits per heavy atom. The lowest BCUT2D eigenvalue weighted by Crippen LogP contribution is -2.25. The highest BCUT2D eigenvalue weighted by molar-refractivity contribution is 9.10. The van der Waals surface area contributed by atoms with E-state index in [1.54, 1.807) is 11.0 Å². The summed E-state index contributed by atoms with van der Waals surface area (Å²) >= 11 is 7.46. The topological polar surface area (TPSA) is 57.6 Å². The molecule has 0 saturated carbocycles. The van der Waals surface area contributed by atoms with E-state index in [1.165, 1.54) is 12.1 Å². The molecule has 18 heavy (non-hydrogen) atoms. The third-order valence-electron chi connectivity index (χ3n) is 2.90.